The zero-order valence-corrected chi connectivity index (χ0v) is 19.6. The summed E-state index contributed by atoms with van der Waals surface area (Å²) in [6.45, 7) is 1.98. The van der Waals surface area contributed by atoms with Crippen LogP contribution in [0.1, 0.15) is 14.5 Å². The highest BCUT2D eigenvalue weighted by Gasteiger charge is 2.16. The molecule has 0 amide bonds. The Labute approximate surface area is 193 Å². The number of hydrogen-bond acceptors (Lipinski definition) is 7. The molecule has 0 radical (unpaired) electrons. The second-order valence-electron chi connectivity index (χ2n) is 6.17. The van der Waals surface area contributed by atoms with Gasteiger partial charge in [-0.2, -0.15) is 0 Å². The third-order valence-electron chi connectivity index (χ3n) is 4.17. The lowest BCUT2D eigenvalue weighted by molar-refractivity contribution is 0.0606. The topological polar surface area (TPSA) is 60.5 Å². The fourth-order valence-electron chi connectivity index (χ4n) is 2.75. The zero-order chi connectivity index (χ0) is 20.2. The molecule has 0 fully saturated rings. The summed E-state index contributed by atoms with van der Waals surface area (Å²) in [7, 11) is 1.39. The molecule has 0 aliphatic heterocycles. The second-order valence-corrected chi connectivity index (χ2v) is 8.29. The molecule has 2 aromatic heterocycles. The zero-order valence-electron chi connectivity index (χ0n) is 16.2. The largest absolute Gasteiger partial charge is 0.465 e. The fourth-order valence-corrected chi connectivity index (χ4v) is 4.42. The molecule has 5 nitrogen and oxygen atoms in total. The number of para-hydroxylation sites is 1. The van der Waals surface area contributed by atoms with Gasteiger partial charge in [-0.25, -0.2) is 9.78 Å². The fraction of sp³-hybridized carbons (Fsp3) is 0.0909. The molecular weight excluding hydrogens is 484 g/mol. The summed E-state index contributed by atoms with van der Waals surface area (Å²) in [5.74, 6) is 1.25. The first kappa shape index (κ1) is 22.0. The van der Waals surface area contributed by atoms with Crippen LogP contribution in [-0.4, -0.2) is 18.1 Å². The minimum atomic E-state index is -0.323. The molecule has 0 saturated carbocycles. The van der Waals surface area contributed by atoms with E-state index in [0.717, 1.165) is 38.5 Å². The molecule has 0 unspecified atom stereocenters. The number of thiazole rings is 1. The standard InChI is InChI=1S/C22H18N2O3S2.BrH/c1-14-18(12-20(29-14)21(25)26-2)19-13-28-22(24-19)23-15-8-10-17(11-9-15)27-16-6-4-3-5-7-16;/h3-13H,1-2H3,(H,23,24);1H. The average Bonchev–Trinajstić information content (AvgIpc) is 3.36. The van der Waals surface area contributed by atoms with E-state index in [0.29, 0.717) is 4.88 Å². The Morgan fingerprint density at radius 1 is 1.03 bits per heavy atom. The van der Waals surface area contributed by atoms with Gasteiger partial charge in [0.25, 0.3) is 0 Å². The smallest absolute Gasteiger partial charge is 0.348 e. The minimum absolute atomic E-state index is 0. The van der Waals surface area contributed by atoms with Crippen LogP contribution < -0.4 is 10.1 Å². The van der Waals surface area contributed by atoms with Crippen LogP contribution in [0.4, 0.5) is 10.8 Å². The first-order valence-corrected chi connectivity index (χ1v) is 10.6. The summed E-state index contributed by atoms with van der Waals surface area (Å²) < 4.78 is 10.6. The van der Waals surface area contributed by atoms with Gasteiger partial charge in [0.2, 0.25) is 0 Å². The van der Waals surface area contributed by atoms with Crippen molar-refractivity contribution in [3.8, 4) is 22.8 Å². The summed E-state index contributed by atoms with van der Waals surface area (Å²) in [6.07, 6.45) is 0. The number of hydrogen-bond donors (Lipinski definition) is 1. The van der Waals surface area contributed by atoms with Gasteiger partial charge in [0, 0.05) is 21.5 Å². The summed E-state index contributed by atoms with van der Waals surface area (Å²) in [4.78, 5) is 18.0. The monoisotopic (exact) mass is 502 g/mol. The van der Waals surface area contributed by atoms with E-state index in [2.05, 4.69) is 10.3 Å². The lowest BCUT2D eigenvalue weighted by Gasteiger charge is -2.07. The molecule has 8 heteroatoms. The number of aryl methyl sites for hydroxylation is 1. The lowest BCUT2D eigenvalue weighted by atomic mass is 10.2. The molecule has 0 aliphatic carbocycles. The van der Waals surface area contributed by atoms with Gasteiger partial charge in [-0.15, -0.1) is 39.7 Å². The van der Waals surface area contributed by atoms with E-state index in [9.17, 15) is 4.79 Å². The van der Waals surface area contributed by atoms with E-state index in [1.807, 2.05) is 73.0 Å². The van der Waals surface area contributed by atoms with Gasteiger partial charge in [0.15, 0.2) is 5.13 Å². The molecule has 1 N–H and O–H groups in total. The summed E-state index contributed by atoms with van der Waals surface area (Å²) >= 11 is 2.93. The molecular formula is C22H19BrN2O3S2. The van der Waals surface area contributed by atoms with Crippen molar-refractivity contribution in [3.05, 3.63) is 75.8 Å². The molecule has 2 heterocycles. The van der Waals surface area contributed by atoms with E-state index in [1.54, 1.807) is 0 Å². The number of anilines is 2. The van der Waals surface area contributed by atoms with Gasteiger partial charge in [0.1, 0.15) is 16.4 Å². The van der Waals surface area contributed by atoms with Gasteiger partial charge in [-0.05, 0) is 49.4 Å². The molecule has 0 aliphatic rings. The highest BCUT2D eigenvalue weighted by Crippen LogP contribution is 2.34. The average molecular weight is 503 g/mol. The lowest BCUT2D eigenvalue weighted by Crippen LogP contribution is -1.96. The molecule has 0 atom stereocenters. The molecule has 154 valence electrons. The van der Waals surface area contributed by atoms with Gasteiger partial charge in [-0.1, -0.05) is 18.2 Å². The van der Waals surface area contributed by atoms with Crippen molar-refractivity contribution in [2.24, 2.45) is 0 Å². The maximum Gasteiger partial charge on any atom is 0.348 e. The number of esters is 1. The van der Waals surface area contributed by atoms with Crippen molar-refractivity contribution in [3.63, 3.8) is 0 Å². The number of carbonyl (C=O) groups excluding carboxylic acids is 1. The number of benzene rings is 2. The Kier molecular flexibility index (Phi) is 7.25. The predicted octanol–water partition coefficient (Wildman–Crippen LogP) is 7.08. The van der Waals surface area contributed by atoms with Crippen molar-refractivity contribution in [1.29, 1.82) is 0 Å². The normalized spacial score (nSPS) is 10.2. The summed E-state index contributed by atoms with van der Waals surface area (Å²) in [5, 5.41) is 6.07. The number of nitrogens with one attached hydrogen (secondary N) is 1. The van der Waals surface area contributed by atoms with E-state index in [4.69, 9.17) is 9.47 Å². The van der Waals surface area contributed by atoms with Crippen molar-refractivity contribution in [2.75, 3.05) is 12.4 Å². The molecule has 0 bridgehead atoms. The molecule has 4 aromatic rings. The van der Waals surface area contributed by atoms with Gasteiger partial charge >= 0.3 is 5.97 Å². The van der Waals surface area contributed by atoms with E-state index < -0.39 is 0 Å². The maximum atomic E-state index is 11.7. The Hall–Kier alpha value is -2.68. The van der Waals surface area contributed by atoms with E-state index >= 15 is 0 Å². The molecule has 0 saturated heterocycles. The first-order valence-electron chi connectivity index (χ1n) is 8.87. The van der Waals surface area contributed by atoms with Gasteiger partial charge in [-0.3, -0.25) is 0 Å². The predicted molar refractivity (Wildman–Crippen MR) is 128 cm³/mol. The number of halogens is 1. The highest BCUT2D eigenvalue weighted by atomic mass is 79.9. The summed E-state index contributed by atoms with van der Waals surface area (Å²) in [5.41, 5.74) is 2.71. The van der Waals surface area contributed by atoms with Crippen LogP contribution in [0.15, 0.2) is 66.0 Å². The van der Waals surface area contributed by atoms with Crippen LogP contribution in [0, 0.1) is 6.92 Å². The van der Waals surface area contributed by atoms with Crippen LogP contribution in [0.25, 0.3) is 11.3 Å². The van der Waals surface area contributed by atoms with Gasteiger partial charge < -0.3 is 14.8 Å². The third-order valence-corrected chi connectivity index (χ3v) is 5.96. The SMILES string of the molecule is Br.COC(=O)c1cc(-c2csc(Nc3ccc(Oc4ccccc4)cc3)n2)c(C)s1. The van der Waals surface area contributed by atoms with Crippen molar-refractivity contribution < 1.29 is 14.3 Å². The Morgan fingerprint density at radius 2 is 1.73 bits per heavy atom. The van der Waals surface area contributed by atoms with Crippen LogP contribution in [-0.2, 0) is 4.74 Å². The number of thiophene rings is 1. The van der Waals surface area contributed by atoms with Crippen LogP contribution >= 0.6 is 39.7 Å². The van der Waals surface area contributed by atoms with Crippen LogP contribution in [0.3, 0.4) is 0 Å². The minimum Gasteiger partial charge on any atom is -0.465 e. The number of ether oxygens (including phenoxy) is 2. The van der Waals surface area contributed by atoms with Crippen LogP contribution in [0.2, 0.25) is 0 Å². The van der Waals surface area contributed by atoms with Gasteiger partial charge in [0.05, 0.1) is 12.8 Å². The van der Waals surface area contributed by atoms with Crippen LogP contribution in [0.5, 0.6) is 11.5 Å². The number of aromatic nitrogens is 1. The number of methoxy groups -OCH3 is 1. The Morgan fingerprint density at radius 3 is 2.43 bits per heavy atom. The molecule has 2 aromatic carbocycles. The molecule has 0 spiro atoms. The highest BCUT2D eigenvalue weighted by molar-refractivity contribution is 8.93. The number of carbonyl (C=O) groups is 1. The first-order chi connectivity index (χ1) is 14.1. The second kappa shape index (κ2) is 9.88. The molecule has 4 rings (SSSR count). The summed E-state index contributed by atoms with van der Waals surface area (Å²) in [6, 6.07) is 19.2. The Bertz CT molecular complexity index is 1130. The van der Waals surface area contributed by atoms with Crippen molar-refractivity contribution in [1.82, 2.24) is 4.98 Å². The quantitative estimate of drug-likeness (QED) is 0.285. The third kappa shape index (κ3) is 5.08. The van der Waals surface area contributed by atoms with Crippen molar-refractivity contribution in [2.45, 2.75) is 6.92 Å². The van der Waals surface area contributed by atoms with E-state index in [-0.39, 0.29) is 23.0 Å². The number of rotatable bonds is 6. The number of nitrogens with zero attached hydrogens (tertiary/aromatic N) is 1. The Balaban J connectivity index is 0.00000256. The van der Waals surface area contributed by atoms with Crippen molar-refractivity contribution >= 4 is 56.4 Å². The van der Waals surface area contributed by atoms with E-state index in [1.165, 1.54) is 29.8 Å². The molecule has 30 heavy (non-hydrogen) atoms. The maximum absolute atomic E-state index is 11.7.